The maximum atomic E-state index is 12.6. The zero-order valence-corrected chi connectivity index (χ0v) is 13.0. The lowest BCUT2D eigenvalue weighted by Crippen LogP contribution is -2.54. The monoisotopic (exact) mass is 330 g/mol. The van der Waals surface area contributed by atoms with Crippen molar-refractivity contribution in [1.82, 2.24) is 10.2 Å². The molecule has 4 amide bonds. The number of rotatable bonds is 5. The van der Waals surface area contributed by atoms with E-state index in [1.165, 1.54) is 0 Å². The first kappa shape index (κ1) is 16.1. The first-order valence-corrected chi connectivity index (χ1v) is 7.82. The summed E-state index contributed by atoms with van der Waals surface area (Å²) < 4.78 is 0. The van der Waals surface area contributed by atoms with Gasteiger partial charge in [0.15, 0.2) is 0 Å². The number of carbonyl (C=O) groups is 4. The molecule has 8 nitrogen and oxygen atoms in total. The van der Waals surface area contributed by atoms with Gasteiger partial charge in [0.25, 0.3) is 11.8 Å². The molecule has 2 aliphatic rings. The van der Waals surface area contributed by atoms with Gasteiger partial charge in [0.2, 0.25) is 11.8 Å². The Morgan fingerprint density at radius 2 is 1.92 bits per heavy atom. The summed E-state index contributed by atoms with van der Waals surface area (Å²) in [5, 5.41) is 5.31. The Kier molecular flexibility index (Phi) is 4.30. The lowest BCUT2D eigenvalue weighted by Gasteiger charge is -2.27. The highest BCUT2D eigenvalue weighted by Crippen LogP contribution is 2.29. The zero-order chi connectivity index (χ0) is 17.3. The van der Waals surface area contributed by atoms with Crippen molar-refractivity contribution in [2.24, 2.45) is 5.73 Å². The van der Waals surface area contributed by atoms with Crippen LogP contribution in [0.15, 0.2) is 18.2 Å². The third kappa shape index (κ3) is 2.76. The first-order chi connectivity index (χ1) is 11.5. The minimum atomic E-state index is -0.941. The minimum absolute atomic E-state index is 0.107. The summed E-state index contributed by atoms with van der Waals surface area (Å²) in [6.45, 7) is 1.22. The highest BCUT2D eigenvalue weighted by atomic mass is 16.2. The van der Waals surface area contributed by atoms with Crippen LogP contribution in [0.4, 0.5) is 5.69 Å². The van der Waals surface area contributed by atoms with E-state index in [1.807, 2.05) is 0 Å². The van der Waals surface area contributed by atoms with Gasteiger partial charge in [0, 0.05) is 18.7 Å². The van der Waals surface area contributed by atoms with Crippen molar-refractivity contribution in [3.63, 3.8) is 0 Å². The van der Waals surface area contributed by atoms with E-state index >= 15 is 0 Å². The molecule has 0 aromatic heterocycles. The molecule has 1 atom stereocenters. The van der Waals surface area contributed by atoms with Crippen LogP contribution in [0.3, 0.4) is 0 Å². The molecule has 8 heteroatoms. The number of hydrogen-bond acceptors (Lipinski definition) is 6. The Labute approximate surface area is 138 Å². The first-order valence-electron chi connectivity index (χ1n) is 7.82. The van der Waals surface area contributed by atoms with Gasteiger partial charge in [-0.25, -0.2) is 0 Å². The third-order valence-electron chi connectivity index (χ3n) is 4.15. The standard InChI is InChI=1S/C16H18N4O4/c17-6-1-7-18-9-2-3-10-11(8-9)16(24)20(15(10)23)12-4-5-13(21)19-14(12)22/h2-3,8,12,18H,1,4-7,17H2,(H,19,21,22). The van der Waals surface area contributed by atoms with Crippen LogP contribution in [-0.4, -0.2) is 47.7 Å². The van der Waals surface area contributed by atoms with Crippen molar-refractivity contribution in [1.29, 1.82) is 0 Å². The molecule has 0 aliphatic carbocycles. The predicted octanol–water partition coefficient (Wildman–Crippen LogP) is -0.152. The number of imide groups is 2. The van der Waals surface area contributed by atoms with Gasteiger partial charge in [-0.1, -0.05) is 0 Å². The van der Waals surface area contributed by atoms with Gasteiger partial charge in [-0.2, -0.15) is 0 Å². The summed E-state index contributed by atoms with van der Waals surface area (Å²) in [6.07, 6.45) is 1.04. The quantitative estimate of drug-likeness (QED) is 0.510. The second kappa shape index (κ2) is 6.40. The SMILES string of the molecule is NCCCNc1ccc2c(c1)C(=O)N(C1CCC(=O)NC1=O)C2=O. The smallest absolute Gasteiger partial charge is 0.262 e. The molecule has 2 heterocycles. The number of benzene rings is 1. The van der Waals surface area contributed by atoms with Crippen LogP contribution in [0.25, 0.3) is 0 Å². The van der Waals surface area contributed by atoms with Crippen LogP contribution in [-0.2, 0) is 9.59 Å². The molecule has 24 heavy (non-hydrogen) atoms. The molecule has 1 aromatic rings. The van der Waals surface area contributed by atoms with Crippen molar-refractivity contribution in [2.45, 2.75) is 25.3 Å². The number of fused-ring (bicyclic) bond motifs is 1. The number of amides is 4. The number of hydrogen-bond donors (Lipinski definition) is 3. The van der Waals surface area contributed by atoms with Crippen molar-refractivity contribution in [3.8, 4) is 0 Å². The molecule has 3 rings (SSSR count). The zero-order valence-electron chi connectivity index (χ0n) is 13.0. The number of nitrogens with zero attached hydrogens (tertiary/aromatic N) is 1. The van der Waals surface area contributed by atoms with Crippen LogP contribution >= 0.6 is 0 Å². The lowest BCUT2D eigenvalue weighted by molar-refractivity contribution is -0.136. The molecular weight excluding hydrogens is 312 g/mol. The second-order valence-electron chi connectivity index (χ2n) is 5.78. The Morgan fingerprint density at radius 3 is 2.62 bits per heavy atom. The highest BCUT2D eigenvalue weighted by molar-refractivity contribution is 6.23. The Bertz CT molecular complexity index is 731. The lowest BCUT2D eigenvalue weighted by atomic mass is 10.0. The number of anilines is 1. The molecule has 0 bridgehead atoms. The summed E-state index contributed by atoms with van der Waals surface area (Å²) in [4.78, 5) is 49.3. The van der Waals surface area contributed by atoms with E-state index in [4.69, 9.17) is 5.73 Å². The van der Waals surface area contributed by atoms with Crippen molar-refractivity contribution >= 4 is 29.3 Å². The minimum Gasteiger partial charge on any atom is -0.385 e. The Balaban J connectivity index is 1.83. The molecule has 4 N–H and O–H groups in total. The molecular formula is C16H18N4O4. The summed E-state index contributed by atoms with van der Waals surface area (Å²) in [5.41, 5.74) is 6.69. The van der Waals surface area contributed by atoms with Crippen LogP contribution < -0.4 is 16.4 Å². The van der Waals surface area contributed by atoms with Crippen molar-refractivity contribution in [2.75, 3.05) is 18.4 Å². The molecule has 0 radical (unpaired) electrons. The molecule has 2 aliphatic heterocycles. The van der Waals surface area contributed by atoms with E-state index in [-0.39, 0.29) is 29.9 Å². The Hall–Kier alpha value is -2.74. The van der Waals surface area contributed by atoms with Crippen molar-refractivity contribution < 1.29 is 19.2 Å². The van der Waals surface area contributed by atoms with Crippen molar-refractivity contribution in [3.05, 3.63) is 29.3 Å². The molecule has 0 saturated carbocycles. The normalized spacial score (nSPS) is 20.2. The van der Waals surface area contributed by atoms with Crippen LogP contribution in [0.5, 0.6) is 0 Å². The van der Waals surface area contributed by atoms with Gasteiger partial charge < -0.3 is 11.1 Å². The fourth-order valence-corrected chi connectivity index (χ4v) is 2.92. The van der Waals surface area contributed by atoms with Gasteiger partial charge in [-0.05, 0) is 37.6 Å². The average Bonchev–Trinajstić information content (AvgIpc) is 2.80. The van der Waals surface area contributed by atoms with E-state index in [1.54, 1.807) is 18.2 Å². The predicted molar refractivity (Wildman–Crippen MR) is 85.3 cm³/mol. The van der Waals surface area contributed by atoms with E-state index in [9.17, 15) is 19.2 Å². The van der Waals surface area contributed by atoms with Crippen LogP contribution in [0, 0.1) is 0 Å². The number of carbonyl (C=O) groups excluding carboxylic acids is 4. The number of piperidine rings is 1. The molecule has 1 fully saturated rings. The van der Waals surface area contributed by atoms with E-state index in [0.717, 1.165) is 11.3 Å². The van der Waals surface area contributed by atoms with E-state index in [0.29, 0.717) is 18.8 Å². The summed E-state index contributed by atoms with van der Waals surface area (Å²) >= 11 is 0. The fraction of sp³-hybridized carbons (Fsp3) is 0.375. The maximum absolute atomic E-state index is 12.6. The highest BCUT2D eigenvalue weighted by Gasteiger charge is 2.44. The van der Waals surface area contributed by atoms with Gasteiger partial charge in [0.05, 0.1) is 11.1 Å². The average molecular weight is 330 g/mol. The largest absolute Gasteiger partial charge is 0.385 e. The number of nitrogens with two attached hydrogens (primary N) is 1. The van der Waals surface area contributed by atoms with Gasteiger partial charge >= 0.3 is 0 Å². The second-order valence-corrected chi connectivity index (χ2v) is 5.78. The number of nitrogens with one attached hydrogen (secondary N) is 2. The van der Waals surface area contributed by atoms with E-state index in [2.05, 4.69) is 10.6 Å². The summed E-state index contributed by atoms with van der Waals surface area (Å²) in [5.74, 6) is -2.01. The maximum Gasteiger partial charge on any atom is 0.262 e. The molecule has 1 unspecified atom stereocenters. The molecule has 1 aromatic carbocycles. The molecule has 126 valence electrons. The molecule has 0 spiro atoms. The van der Waals surface area contributed by atoms with Crippen LogP contribution in [0.2, 0.25) is 0 Å². The fourth-order valence-electron chi connectivity index (χ4n) is 2.92. The van der Waals surface area contributed by atoms with Gasteiger partial charge in [-0.3, -0.25) is 29.4 Å². The van der Waals surface area contributed by atoms with E-state index < -0.39 is 23.8 Å². The van der Waals surface area contributed by atoms with Gasteiger partial charge in [-0.15, -0.1) is 0 Å². The topological polar surface area (TPSA) is 122 Å². The van der Waals surface area contributed by atoms with Gasteiger partial charge in [0.1, 0.15) is 6.04 Å². The third-order valence-corrected chi connectivity index (χ3v) is 4.15. The Morgan fingerprint density at radius 1 is 1.17 bits per heavy atom. The summed E-state index contributed by atoms with van der Waals surface area (Å²) in [6, 6.07) is 3.96. The van der Waals surface area contributed by atoms with Crippen LogP contribution in [0.1, 0.15) is 40.0 Å². The molecule has 1 saturated heterocycles. The summed E-state index contributed by atoms with van der Waals surface area (Å²) in [7, 11) is 0.